The number of rotatable bonds is 6. The predicted molar refractivity (Wildman–Crippen MR) is 66.6 cm³/mol. The van der Waals surface area contributed by atoms with Crippen LogP contribution in [0.4, 0.5) is 0 Å². The zero-order chi connectivity index (χ0) is 11.5. The molecule has 1 aliphatic rings. The van der Waals surface area contributed by atoms with Gasteiger partial charge in [-0.15, -0.1) is 0 Å². The number of nitrogens with zero attached hydrogens (tertiary/aromatic N) is 2. The second kappa shape index (κ2) is 5.00. The van der Waals surface area contributed by atoms with Crippen molar-refractivity contribution in [1.82, 2.24) is 15.1 Å². The number of aryl methyl sites for hydroxylation is 1. The average Bonchev–Trinajstić information content (AvgIpc) is 2.95. The minimum Gasteiger partial charge on any atom is -0.311 e. The highest BCUT2D eigenvalue weighted by molar-refractivity contribution is 5.13. The van der Waals surface area contributed by atoms with E-state index in [1.165, 1.54) is 18.4 Å². The number of nitrogens with one attached hydrogen (secondary N) is 1. The SMILES string of the molecule is CCCn1cc(C(C)C(C)NC2CC2)cn1. The maximum atomic E-state index is 4.39. The molecule has 1 N–H and O–H groups in total. The molecule has 0 aliphatic heterocycles. The zero-order valence-electron chi connectivity index (χ0n) is 10.6. The molecule has 16 heavy (non-hydrogen) atoms. The molecule has 1 aliphatic carbocycles. The molecule has 0 aromatic carbocycles. The molecule has 1 heterocycles. The van der Waals surface area contributed by atoms with Gasteiger partial charge in [0.1, 0.15) is 0 Å². The van der Waals surface area contributed by atoms with Crippen LogP contribution in [0.15, 0.2) is 12.4 Å². The zero-order valence-corrected chi connectivity index (χ0v) is 10.6. The Morgan fingerprint density at radius 1 is 1.50 bits per heavy atom. The van der Waals surface area contributed by atoms with E-state index in [0.717, 1.165) is 19.0 Å². The quantitative estimate of drug-likeness (QED) is 0.800. The Morgan fingerprint density at radius 2 is 2.25 bits per heavy atom. The molecule has 3 heteroatoms. The number of hydrogen-bond donors (Lipinski definition) is 1. The Balaban J connectivity index is 1.92. The van der Waals surface area contributed by atoms with Gasteiger partial charge in [0.05, 0.1) is 6.20 Å². The van der Waals surface area contributed by atoms with Crippen molar-refractivity contribution in [1.29, 1.82) is 0 Å². The van der Waals surface area contributed by atoms with Crippen LogP contribution in [-0.2, 0) is 6.54 Å². The van der Waals surface area contributed by atoms with Gasteiger partial charge in [-0.25, -0.2) is 0 Å². The van der Waals surface area contributed by atoms with Crippen LogP contribution in [0.5, 0.6) is 0 Å². The lowest BCUT2D eigenvalue weighted by atomic mass is 9.97. The van der Waals surface area contributed by atoms with Crippen molar-refractivity contribution in [2.75, 3.05) is 0 Å². The molecule has 1 aromatic heterocycles. The number of aromatic nitrogens is 2. The van der Waals surface area contributed by atoms with Crippen LogP contribution in [0.1, 0.15) is 51.5 Å². The van der Waals surface area contributed by atoms with Gasteiger partial charge in [-0.2, -0.15) is 5.10 Å². The van der Waals surface area contributed by atoms with E-state index in [-0.39, 0.29) is 0 Å². The topological polar surface area (TPSA) is 29.9 Å². The maximum Gasteiger partial charge on any atom is 0.0525 e. The molecule has 1 saturated carbocycles. The van der Waals surface area contributed by atoms with Crippen LogP contribution in [0, 0.1) is 0 Å². The van der Waals surface area contributed by atoms with Gasteiger partial charge in [0.25, 0.3) is 0 Å². The van der Waals surface area contributed by atoms with E-state index in [1.54, 1.807) is 0 Å². The third-order valence-corrected chi connectivity index (χ3v) is 3.46. The lowest BCUT2D eigenvalue weighted by Gasteiger charge is -2.20. The van der Waals surface area contributed by atoms with Crippen molar-refractivity contribution in [3.05, 3.63) is 18.0 Å². The monoisotopic (exact) mass is 221 g/mol. The molecule has 1 fully saturated rings. The Hall–Kier alpha value is -0.830. The van der Waals surface area contributed by atoms with E-state index in [0.29, 0.717) is 12.0 Å². The summed E-state index contributed by atoms with van der Waals surface area (Å²) < 4.78 is 2.05. The first-order valence-corrected chi connectivity index (χ1v) is 6.49. The molecule has 1 aromatic rings. The van der Waals surface area contributed by atoms with Gasteiger partial charge < -0.3 is 5.32 Å². The van der Waals surface area contributed by atoms with Gasteiger partial charge in [0.2, 0.25) is 0 Å². The first-order chi connectivity index (χ1) is 7.70. The Bertz CT molecular complexity index is 328. The van der Waals surface area contributed by atoms with Crippen LogP contribution < -0.4 is 5.32 Å². The van der Waals surface area contributed by atoms with Crippen molar-refractivity contribution in [3.8, 4) is 0 Å². The standard InChI is InChI=1S/C13H23N3/c1-4-7-16-9-12(8-14-16)10(2)11(3)15-13-5-6-13/h8-11,13,15H,4-7H2,1-3H3. The summed E-state index contributed by atoms with van der Waals surface area (Å²) in [7, 11) is 0. The summed E-state index contributed by atoms with van der Waals surface area (Å²) in [4.78, 5) is 0. The van der Waals surface area contributed by atoms with Crippen LogP contribution in [0.25, 0.3) is 0 Å². The average molecular weight is 221 g/mol. The molecule has 0 bridgehead atoms. The molecule has 2 unspecified atom stereocenters. The van der Waals surface area contributed by atoms with Crippen LogP contribution in [-0.4, -0.2) is 21.9 Å². The summed E-state index contributed by atoms with van der Waals surface area (Å²) in [5.41, 5.74) is 1.36. The van der Waals surface area contributed by atoms with Crippen LogP contribution in [0.3, 0.4) is 0 Å². The van der Waals surface area contributed by atoms with Crippen molar-refractivity contribution < 1.29 is 0 Å². The summed E-state index contributed by atoms with van der Waals surface area (Å²) >= 11 is 0. The van der Waals surface area contributed by atoms with E-state index in [9.17, 15) is 0 Å². The highest BCUT2D eigenvalue weighted by Crippen LogP contribution is 2.24. The van der Waals surface area contributed by atoms with E-state index in [4.69, 9.17) is 0 Å². The summed E-state index contributed by atoms with van der Waals surface area (Å²) in [5.74, 6) is 0.547. The smallest absolute Gasteiger partial charge is 0.0525 e. The lowest BCUT2D eigenvalue weighted by molar-refractivity contribution is 0.478. The highest BCUT2D eigenvalue weighted by Gasteiger charge is 2.25. The molecule has 2 atom stereocenters. The van der Waals surface area contributed by atoms with E-state index >= 15 is 0 Å². The van der Waals surface area contributed by atoms with E-state index in [1.807, 2.05) is 6.20 Å². The molecular formula is C13H23N3. The van der Waals surface area contributed by atoms with Gasteiger partial charge >= 0.3 is 0 Å². The Kier molecular flexibility index (Phi) is 3.64. The Morgan fingerprint density at radius 3 is 2.88 bits per heavy atom. The molecule has 90 valence electrons. The van der Waals surface area contributed by atoms with Gasteiger partial charge in [0, 0.05) is 24.8 Å². The maximum absolute atomic E-state index is 4.39. The predicted octanol–water partition coefficient (Wildman–Crippen LogP) is 2.54. The van der Waals surface area contributed by atoms with Gasteiger partial charge in [-0.3, -0.25) is 4.68 Å². The normalized spacial score (nSPS) is 19.7. The molecule has 0 amide bonds. The van der Waals surface area contributed by atoms with Crippen molar-refractivity contribution in [2.45, 2.75) is 64.6 Å². The molecular weight excluding hydrogens is 198 g/mol. The van der Waals surface area contributed by atoms with Crippen molar-refractivity contribution in [3.63, 3.8) is 0 Å². The van der Waals surface area contributed by atoms with Crippen LogP contribution in [0.2, 0.25) is 0 Å². The van der Waals surface area contributed by atoms with E-state index < -0.39 is 0 Å². The molecule has 0 saturated heterocycles. The lowest BCUT2D eigenvalue weighted by Crippen LogP contribution is -2.32. The molecule has 2 rings (SSSR count). The van der Waals surface area contributed by atoms with Gasteiger partial charge in [-0.05, 0) is 37.7 Å². The number of hydrogen-bond acceptors (Lipinski definition) is 2. The van der Waals surface area contributed by atoms with Crippen molar-refractivity contribution >= 4 is 0 Å². The second-order valence-corrected chi connectivity index (χ2v) is 5.06. The van der Waals surface area contributed by atoms with Gasteiger partial charge in [-0.1, -0.05) is 13.8 Å². The molecule has 3 nitrogen and oxygen atoms in total. The second-order valence-electron chi connectivity index (χ2n) is 5.06. The van der Waals surface area contributed by atoms with E-state index in [2.05, 4.69) is 42.1 Å². The molecule has 0 spiro atoms. The highest BCUT2D eigenvalue weighted by atomic mass is 15.3. The van der Waals surface area contributed by atoms with Gasteiger partial charge in [0.15, 0.2) is 0 Å². The largest absolute Gasteiger partial charge is 0.311 e. The fourth-order valence-corrected chi connectivity index (χ4v) is 2.02. The third kappa shape index (κ3) is 2.85. The molecule has 0 radical (unpaired) electrons. The van der Waals surface area contributed by atoms with Crippen LogP contribution >= 0.6 is 0 Å². The fourth-order valence-electron chi connectivity index (χ4n) is 2.02. The first kappa shape index (κ1) is 11.6. The summed E-state index contributed by atoms with van der Waals surface area (Å²) in [6.07, 6.45) is 8.06. The summed E-state index contributed by atoms with van der Waals surface area (Å²) in [6.45, 7) is 7.77. The Labute approximate surface area is 98.2 Å². The minimum atomic E-state index is 0.547. The minimum absolute atomic E-state index is 0.547. The first-order valence-electron chi connectivity index (χ1n) is 6.49. The van der Waals surface area contributed by atoms with Crippen molar-refractivity contribution in [2.24, 2.45) is 0 Å². The third-order valence-electron chi connectivity index (χ3n) is 3.46. The fraction of sp³-hybridized carbons (Fsp3) is 0.769. The summed E-state index contributed by atoms with van der Waals surface area (Å²) in [5, 5.41) is 8.05. The summed E-state index contributed by atoms with van der Waals surface area (Å²) in [6, 6.07) is 1.33.